The number of primary amides is 1. The van der Waals surface area contributed by atoms with Crippen LogP contribution in [0.2, 0.25) is 0 Å². The second kappa shape index (κ2) is 2.21. The molecular formula is C7H10N4O2. The van der Waals surface area contributed by atoms with Crippen molar-refractivity contribution in [1.29, 1.82) is 0 Å². The van der Waals surface area contributed by atoms with Gasteiger partial charge < -0.3 is 10.6 Å². The van der Waals surface area contributed by atoms with Crippen molar-refractivity contribution in [2.24, 2.45) is 16.8 Å². The minimum atomic E-state index is -1.31. The van der Waals surface area contributed by atoms with Gasteiger partial charge in [0.1, 0.15) is 0 Å². The number of amides is 2. The zero-order valence-corrected chi connectivity index (χ0v) is 7.15. The molecule has 0 aromatic carbocycles. The Balaban J connectivity index is 2.44. The maximum atomic E-state index is 11.6. The Morgan fingerprint density at radius 3 is 3.15 bits per heavy atom. The van der Waals surface area contributed by atoms with Crippen LogP contribution in [0.15, 0.2) is 5.10 Å². The molecule has 2 heterocycles. The standard InChI is InChI=1S/C7H10N4O2/c1-11-3-4-2-9-10-7(4,5(8)12)6(11)13/h2,4,10H,3H2,1H3,(H2,8,12)/t4-,7-/m0/s1. The van der Waals surface area contributed by atoms with Crippen LogP contribution < -0.4 is 11.2 Å². The van der Waals surface area contributed by atoms with E-state index in [2.05, 4.69) is 10.5 Å². The highest BCUT2D eigenvalue weighted by Gasteiger charge is 2.59. The summed E-state index contributed by atoms with van der Waals surface area (Å²) in [4.78, 5) is 24.3. The number of nitrogens with zero attached hydrogens (tertiary/aromatic N) is 2. The van der Waals surface area contributed by atoms with Crippen LogP contribution in [0.5, 0.6) is 0 Å². The van der Waals surface area contributed by atoms with E-state index in [-0.39, 0.29) is 11.8 Å². The predicted octanol–water partition coefficient (Wildman–Crippen LogP) is -2.11. The van der Waals surface area contributed by atoms with Crippen molar-refractivity contribution in [3.05, 3.63) is 0 Å². The first-order valence-corrected chi connectivity index (χ1v) is 3.95. The van der Waals surface area contributed by atoms with Gasteiger partial charge in [0.2, 0.25) is 5.54 Å². The third-order valence-electron chi connectivity index (χ3n) is 2.59. The zero-order chi connectivity index (χ0) is 9.64. The van der Waals surface area contributed by atoms with Crippen LogP contribution in [0.1, 0.15) is 0 Å². The van der Waals surface area contributed by atoms with Gasteiger partial charge in [-0.25, -0.2) is 0 Å². The molecule has 2 atom stereocenters. The summed E-state index contributed by atoms with van der Waals surface area (Å²) in [5.74, 6) is -1.20. The molecule has 6 heteroatoms. The number of hydrogen-bond donors (Lipinski definition) is 2. The van der Waals surface area contributed by atoms with Crippen molar-refractivity contribution in [3.63, 3.8) is 0 Å². The molecule has 1 saturated heterocycles. The average Bonchev–Trinajstić information content (AvgIpc) is 2.55. The summed E-state index contributed by atoms with van der Waals surface area (Å²) in [7, 11) is 1.64. The fourth-order valence-corrected chi connectivity index (χ4v) is 1.84. The molecule has 2 amide bonds. The lowest BCUT2D eigenvalue weighted by Crippen LogP contribution is -2.59. The van der Waals surface area contributed by atoms with Crippen LogP contribution in [0.3, 0.4) is 0 Å². The fourth-order valence-electron chi connectivity index (χ4n) is 1.84. The SMILES string of the molecule is CN1C[C@@H]2C=NN[C@@]2(C(N)=O)C1=O. The van der Waals surface area contributed by atoms with Gasteiger partial charge in [-0.3, -0.25) is 15.0 Å². The Kier molecular flexibility index (Phi) is 1.37. The number of nitrogens with two attached hydrogens (primary N) is 1. The van der Waals surface area contributed by atoms with Crippen molar-refractivity contribution >= 4 is 18.0 Å². The van der Waals surface area contributed by atoms with E-state index in [9.17, 15) is 9.59 Å². The van der Waals surface area contributed by atoms with Gasteiger partial charge >= 0.3 is 0 Å². The molecule has 0 bridgehead atoms. The zero-order valence-electron chi connectivity index (χ0n) is 7.15. The molecule has 0 radical (unpaired) electrons. The van der Waals surface area contributed by atoms with Gasteiger partial charge in [0.05, 0.1) is 5.92 Å². The van der Waals surface area contributed by atoms with E-state index in [0.29, 0.717) is 6.54 Å². The Labute approximate surface area is 74.8 Å². The molecular weight excluding hydrogens is 172 g/mol. The highest BCUT2D eigenvalue weighted by molar-refractivity contribution is 6.14. The van der Waals surface area contributed by atoms with Crippen molar-refractivity contribution < 1.29 is 9.59 Å². The largest absolute Gasteiger partial charge is 0.367 e. The molecule has 2 aliphatic heterocycles. The topological polar surface area (TPSA) is 87.8 Å². The first-order chi connectivity index (χ1) is 6.09. The van der Waals surface area contributed by atoms with E-state index in [1.54, 1.807) is 13.3 Å². The lowest BCUT2D eigenvalue weighted by atomic mass is 9.88. The van der Waals surface area contributed by atoms with Crippen LogP contribution in [0, 0.1) is 5.92 Å². The molecule has 6 nitrogen and oxygen atoms in total. The number of rotatable bonds is 1. The molecule has 2 rings (SSSR count). The Morgan fingerprint density at radius 2 is 2.62 bits per heavy atom. The lowest BCUT2D eigenvalue weighted by Gasteiger charge is -2.21. The van der Waals surface area contributed by atoms with Gasteiger partial charge in [-0.2, -0.15) is 5.10 Å². The van der Waals surface area contributed by atoms with Crippen LogP contribution >= 0.6 is 0 Å². The van der Waals surface area contributed by atoms with Gasteiger partial charge in [0, 0.05) is 19.8 Å². The van der Waals surface area contributed by atoms with E-state index >= 15 is 0 Å². The molecule has 0 unspecified atom stereocenters. The smallest absolute Gasteiger partial charge is 0.260 e. The van der Waals surface area contributed by atoms with Gasteiger partial charge in [0.15, 0.2) is 0 Å². The van der Waals surface area contributed by atoms with E-state index < -0.39 is 11.4 Å². The first-order valence-electron chi connectivity index (χ1n) is 3.95. The monoisotopic (exact) mass is 182 g/mol. The average molecular weight is 182 g/mol. The second-order valence-electron chi connectivity index (χ2n) is 3.35. The molecule has 0 spiro atoms. The second-order valence-corrected chi connectivity index (χ2v) is 3.35. The molecule has 1 fully saturated rings. The van der Waals surface area contributed by atoms with Crippen molar-refractivity contribution in [2.75, 3.05) is 13.6 Å². The summed E-state index contributed by atoms with van der Waals surface area (Å²) in [6, 6.07) is 0. The summed E-state index contributed by atoms with van der Waals surface area (Å²) >= 11 is 0. The number of fused-ring (bicyclic) bond motifs is 1. The Morgan fingerprint density at radius 1 is 1.92 bits per heavy atom. The van der Waals surface area contributed by atoms with Crippen molar-refractivity contribution in [3.8, 4) is 0 Å². The fraction of sp³-hybridized carbons (Fsp3) is 0.571. The highest BCUT2D eigenvalue weighted by Crippen LogP contribution is 2.29. The van der Waals surface area contributed by atoms with Crippen molar-refractivity contribution in [1.82, 2.24) is 10.3 Å². The Hall–Kier alpha value is -1.59. The normalized spacial score (nSPS) is 36.2. The highest BCUT2D eigenvalue weighted by atomic mass is 16.2. The molecule has 3 N–H and O–H groups in total. The molecule has 70 valence electrons. The van der Waals surface area contributed by atoms with Crippen molar-refractivity contribution in [2.45, 2.75) is 5.54 Å². The van der Waals surface area contributed by atoms with E-state index in [1.165, 1.54) is 4.90 Å². The van der Waals surface area contributed by atoms with Gasteiger partial charge in [-0.05, 0) is 0 Å². The number of carbonyl (C=O) groups is 2. The van der Waals surface area contributed by atoms with E-state index in [0.717, 1.165) is 0 Å². The third kappa shape index (κ3) is 0.746. The summed E-state index contributed by atoms with van der Waals surface area (Å²) in [6.45, 7) is 0.484. The summed E-state index contributed by atoms with van der Waals surface area (Å²) < 4.78 is 0. The number of nitrogens with one attached hydrogen (secondary N) is 1. The minimum absolute atomic E-state index is 0.234. The molecule has 2 aliphatic rings. The maximum Gasteiger partial charge on any atom is 0.260 e. The van der Waals surface area contributed by atoms with Crippen LogP contribution in [0.25, 0.3) is 0 Å². The molecule has 0 saturated carbocycles. The van der Waals surface area contributed by atoms with E-state index in [4.69, 9.17) is 5.73 Å². The first kappa shape index (κ1) is 8.03. The molecule has 0 aliphatic carbocycles. The Bertz CT molecular complexity index is 314. The quantitative estimate of drug-likeness (QED) is 0.455. The van der Waals surface area contributed by atoms with E-state index in [1.807, 2.05) is 0 Å². The molecule has 0 aromatic heterocycles. The number of hydrazone groups is 1. The van der Waals surface area contributed by atoms with Gasteiger partial charge in [0.25, 0.3) is 11.8 Å². The number of likely N-dealkylation sites (N-methyl/N-ethyl adjacent to an activating group) is 1. The minimum Gasteiger partial charge on any atom is -0.367 e. The predicted molar refractivity (Wildman–Crippen MR) is 44.7 cm³/mol. The number of hydrogen-bond acceptors (Lipinski definition) is 4. The lowest BCUT2D eigenvalue weighted by molar-refractivity contribution is -0.139. The third-order valence-corrected chi connectivity index (χ3v) is 2.59. The molecule has 0 aromatic rings. The van der Waals surface area contributed by atoms with Crippen LogP contribution in [0.4, 0.5) is 0 Å². The van der Waals surface area contributed by atoms with Crippen LogP contribution in [-0.4, -0.2) is 42.1 Å². The maximum absolute atomic E-state index is 11.6. The number of carbonyl (C=O) groups excluding carboxylic acids is 2. The summed E-state index contributed by atoms with van der Waals surface area (Å²) in [6.07, 6.45) is 1.56. The van der Waals surface area contributed by atoms with Crippen LogP contribution in [-0.2, 0) is 9.59 Å². The summed E-state index contributed by atoms with van der Waals surface area (Å²) in [5.41, 5.74) is 6.40. The number of likely N-dealkylation sites (tertiary alicyclic amines) is 1. The van der Waals surface area contributed by atoms with Gasteiger partial charge in [-0.1, -0.05) is 0 Å². The molecule has 13 heavy (non-hydrogen) atoms. The summed E-state index contributed by atoms with van der Waals surface area (Å²) in [5, 5.41) is 3.72. The van der Waals surface area contributed by atoms with Gasteiger partial charge in [-0.15, -0.1) is 0 Å².